The smallest absolute Gasteiger partial charge is 0.164 e. The van der Waals surface area contributed by atoms with Crippen LogP contribution in [0.2, 0.25) is 0 Å². The molecule has 0 aliphatic heterocycles. The van der Waals surface area contributed by atoms with Crippen LogP contribution in [0.4, 0.5) is 8.78 Å². The number of thioether (sulfide) groups is 1. The van der Waals surface area contributed by atoms with E-state index in [9.17, 15) is 13.9 Å². The maximum atomic E-state index is 13.5. The highest BCUT2D eigenvalue weighted by molar-refractivity contribution is 7.99. The van der Waals surface area contributed by atoms with Crippen LogP contribution in [0.15, 0.2) is 18.2 Å². The SMILES string of the molecule is OC(CSC1CCCCC1)c1cccc(F)c1F. The molecule has 0 saturated heterocycles. The normalized spacial score (nSPS) is 18.8. The van der Waals surface area contributed by atoms with Crippen molar-refractivity contribution in [2.45, 2.75) is 43.5 Å². The molecule has 4 heteroatoms. The van der Waals surface area contributed by atoms with Crippen molar-refractivity contribution >= 4 is 11.8 Å². The lowest BCUT2D eigenvalue weighted by molar-refractivity contribution is 0.197. The maximum Gasteiger partial charge on any atom is 0.164 e. The highest BCUT2D eigenvalue weighted by Gasteiger charge is 2.19. The highest BCUT2D eigenvalue weighted by atomic mass is 32.2. The number of aliphatic hydroxyl groups excluding tert-OH is 1. The molecule has 1 fully saturated rings. The molecule has 1 saturated carbocycles. The maximum absolute atomic E-state index is 13.5. The van der Waals surface area contributed by atoms with Crippen LogP contribution in [0.1, 0.15) is 43.8 Å². The summed E-state index contributed by atoms with van der Waals surface area (Å²) in [4.78, 5) is 0. The van der Waals surface area contributed by atoms with E-state index in [0.717, 1.165) is 6.07 Å². The van der Waals surface area contributed by atoms with Crippen molar-refractivity contribution in [2.75, 3.05) is 5.75 Å². The lowest BCUT2D eigenvalue weighted by Crippen LogP contribution is -2.12. The zero-order chi connectivity index (χ0) is 13.0. The molecule has 0 heterocycles. The quantitative estimate of drug-likeness (QED) is 0.891. The average Bonchev–Trinajstić information content (AvgIpc) is 2.40. The summed E-state index contributed by atoms with van der Waals surface area (Å²) in [6, 6.07) is 3.95. The summed E-state index contributed by atoms with van der Waals surface area (Å²) in [5, 5.41) is 10.5. The number of hydrogen-bond donors (Lipinski definition) is 1. The number of benzene rings is 1. The van der Waals surface area contributed by atoms with Gasteiger partial charge in [-0.3, -0.25) is 0 Å². The lowest BCUT2D eigenvalue weighted by atomic mass is 10.0. The molecule has 18 heavy (non-hydrogen) atoms. The highest BCUT2D eigenvalue weighted by Crippen LogP contribution is 2.31. The summed E-state index contributed by atoms with van der Waals surface area (Å²) in [5.41, 5.74) is 0.0679. The predicted molar refractivity (Wildman–Crippen MR) is 70.6 cm³/mol. The molecule has 1 N–H and O–H groups in total. The molecule has 0 aromatic heterocycles. The first-order chi connectivity index (χ1) is 8.68. The molecule has 1 aromatic carbocycles. The van der Waals surface area contributed by atoms with Gasteiger partial charge >= 0.3 is 0 Å². The van der Waals surface area contributed by atoms with E-state index < -0.39 is 17.7 Å². The minimum Gasteiger partial charge on any atom is -0.387 e. The van der Waals surface area contributed by atoms with Crippen LogP contribution in [-0.2, 0) is 0 Å². The minimum absolute atomic E-state index is 0.0679. The first kappa shape index (κ1) is 13.8. The fraction of sp³-hybridized carbons (Fsp3) is 0.571. The molecule has 1 aliphatic carbocycles. The van der Waals surface area contributed by atoms with E-state index in [0.29, 0.717) is 11.0 Å². The summed E-state index contributed by atoms with van der Waals surface area (Å²) in [6.45, 7) is 0. The van der Waals surface area contributed by atoms with Crippen LogP contribution in [0, 0.1) is 11.6 Å². The Bertz CT molecular complexity index is 391. The van der Waals surface area contributed by atoms with Crippen molar-refractivity contribution < 1.29 is 13.9 Å². The zero-order valence-electron chi connectivity index (χ0n) is 10.2. The van der Waals surface area contributed by atoms with Gasteiger partial charge in [0.05, 0.1) is 6.10 Å². The van der Waals surface area contributed by atoms with Crippen LogP contribution in [-0.4, -0.2) is 16.1 Å². The van der Waals surface area contributed by atoms with E-state index in [1.807, 2.05) is 0 Å². The Morgan fingerprint density at radius 3 is 2.67 bits per heavy atom. The standard InChI is InChI=1S/C14H18F2OS/c15-12-8-4-7-11(14(12)16)13(17)9-18-10-5-2-1-3-6-10/h4,7-8,10,13,17H,1-3,5-6,9H2. The van der Waals surface area contributed by atoms with Crippen LogP contribution in [0.25, 0.3) is 0 Å². The van der Waals surface area contributed by atoms with E-state index in [2.05, 4.69) is 0 Å². The van der Waals surface area contributed by atoms with Gasteiger partial charge in [0.25, 0.3) is 0 Å². The lowest BCUT2D eigenvalue weighted by Gasteiger charge is -2.22. The van der Waals surface area contributed by atoms with Gasteiger partial charge < -0.3 is 5.11 Å². The Hall–Kier alpha value is -0.610. The molecule has 1 atom stereocenters. The van der Waals surface area contributed by atoms with Gasteiger partial charge in [0.15, 0.2) is 11.6 Å². The van der Waals surface area contributed by atoms with Crippen LogP contribution < -0.4 is 0 Å². The van der Waals surface area contributed by atoms with Crippen molar-refractivity contribution in [2.24, 2.45) is 0 Å². The van der Waals surface area contributed by atoms with E-state index in [-0.39, 0.29) is 5.56 Å². The van der Waals surface area contributed by atoms with Gasteiger partial charge in [-0.1, -0.05) is 31.4 Å². The van der Waals surface area contributed by atoms with E-state index in [1.54, 1.807) is 11.8 Å². The molecular formula is C14H18F2OS. The van der Waals surface area contributed by atoms with Crippen LogP contribution in [0.5, 0.6) is 0 Å². The molecule has 1 aromatic rings. The van der Waals surface area contributed by atoms with Crippen molar-refractivity contribution in [3.63, 3.8) is 0 Å². The van der Waals surface area contributed by atoms with Gasteiger partial charge in [-0.15, -0.1) is 0 Å². The largest absolute Gasteiger partial charge is 0.387 e. The molecule has 1 unspecified atom stereocenters. The van der Waals surface area contributed by atoms with Crippen LogP contribution >= 0.6 is 11.8 Å². The number of aliphatic hydroxyl groups is 1. The second kappa shape index (κ2) is 6.53. The van der Waals surface area contributed by atoms with E-state index in [4.69, 9.17) is 0 Å². The molecule has 100 valence electrons. The average molecular weight is 272 g/mol. The van der Waals surface area contributed by atoms with Gasteiger partial charge in [0.1, 0.15) is 0 Å². The van der Waals surface area contributed by atoms with Gasteiger partial charge in [0.2, 0.25) is 0 Å². The Kier molecular flexibility index (Phi) is 5.01. The van der Waals surface area contributed by atoms with Crippen LogP contribution in [0.3, 0.4) is 0 Å². The zero-order valence-corrected chi connectivity index (χ0v) is 11.1. The molecule has 0 amide bonds. The monoisotopic (exact) mass is 272 g/mol. The van der Waals surface area contributed by atoms with Crippen molar-refractivity contribution in [3.8, 4) is 0 Å². The molecule has 2 rings (SSSR count). The fourth-order valence-electron chi connectivity index (χ4n) is 2.33. The van der Waals surface area contributed by atoms with Gasteiger partial charge in [-0.05, 0) is 18.9 Å². The molecule has 0 spiro atoms. The third-order valence-electron chi connectivity index (χ3n) is 3.38. The van der Waals surface area contributed by atoms with Gasteiger partial charge in [-0.25, -0.2) is 8.78 Å². The van der Waals surface area contributed by atoms with E-state index >= 15 is 0 Å². The Morgan fingerprint density at radius 1 is 1.22 bits per heavy atom. The Labute approximate surface area is 111 Å². The van der Waals surface area contributed by atoms with Crippen molar-refractivity contribution in [1.82, 2.24) is 0 Å². The predicted octanol–water partition coefficient (Wildman–Crippen LogP) is 4.06. The fourth-order valence-corrected chi connectivity index (χ4v) is 3.63. The molecule has 1 nitrogen and oxygen atoms in total. The topological polar surface area (TPSA) is 20.2 Å². The minimum atomic E-state index is -0.923. The van der Waals surface area contributed by atoms with Gasteiger partial charge in [0, 0.05) is 16.6 Å². The summed E-state index contributed by atoms with van der Waals surface area (Å²) in [7, 11) is 0. The molecule has 0 bridgehead atoms. The molecule has 1 aliphatic rings. The molecular weight excluding hydrogens is 254 g/mol. The second-order valence-electron chi connectivity index (χ2n) is 4.75. The number of hydrogen-bond acceptors (Lipinski definition) is 2. The summed E-state index contributed by atoms with van der Waals surface area (Å²) < 4.78 is 26.5. The van der Waals surface area contributed by atoms with Crippen molar-refractivity contribution in [1.29, 1.82) is 0 Å². The number of halogens is 2. The summed E-state index contributed by atoms with van der Waals surface area (Å²) in [5.74, 6) is -1.38. The first-order valence-corrected chi connectivity index (χ1v) is 7.47. The second-order valence-corrected chi connectivity index (χ2v) is 6.09. The summed E-state index contributed by atoms with van der Waals surface area (Å²) in [6.07, 6.45) is 5.18. The third kappa shape index (κ3) is 3.45. The summed E-state index contributed by atoms with van der Waals surface area (Å²) >= 11 is 1.68. The third-order valence-corrected chi connectivity index (χ3v) is 4.83. The molecule has 0 radical (unpaired) electrons. The van der Waals surface area contributed by atoms with E-state index in [1.165, 1.54) is 44.2 Å². The van der Waals surface area contributed by atoms with Gasteiger partial charge in [-0.2, -0.15) is 11.8 Å². The first-order valence-electron chi connectivity index (χ1n) is 6.42. The Morgan fingerprint density at radius 2 is 1.94 bits per heavy atom. The van der Waals surface area contributed by atoms with Crippen molar-refractivity contribution in [3.05, 3.63) is 35.4 Å². The number of rotatable bonds is 4. The Balaban J connectivity index is 1.90.